The van der Waals surface area contributed by atoms with Gasteiger partial charge in [0, 0.05) is 24.6 Å². The van der Waals surface area contributed by atoms with E-state index in [2.05, 4.69) is 10.3 Å². The van der Waals surface area contributed by atoms with Gasteiger partial charge in [-0.15, -0.1) is 0 Å². The molecule has 1 fully saturated rings. The lowest BCUT2D eigenvalue weighted by atomic mass is 10.0. The van der Waals surface area contributed by atoms with Gasteiger partial charge in [0.15, 0.2) is 0 Å². The van der Waals surface area contributed by atoms with Gasteiger partial charge in [-0.25, -0.2) is 0 Å². The number of methoxy groups -OCH3 is 1. The number of rotatable bonds is 6. The van der Waals surface area contributed by atoms with Crippen molar-refractivity contribution >= 4 is 16.8 Å². The van der Waals surface area contributed by atoms with Crippen LogP contribution in [0.15, 0.2) is 29.1 Å². The normalized spacial score (nSPS) is 16.1. The third kappa shape index (κ3) is 4.20. The van der Waals surface area contributed by atoms with Crippen molar-refractivity contribution in [2.75, 3.05) is 13.7 Å². The first kappa shape index (κ1) is 17.5. The summed E-state index contributed by atoms with van der Waals surface area (Å²) in [5, 5.41) is 13.9. The smallest absolute Gasteiger partial charge is 0.251 e. The Hall–Kier alpha value is -2.34. The molecule has 0 unspecified atom stereocenters. The van der Waals surface area contributed by atoms with Crippen LogP contribution in [0.4, 0.5) is 0 Å². The van der Waals surface area contributed by atoms with Crippen LogP contribution < -0.4 is 15.6 Å². The van der Waals surface area contributed by atoms with E-state index in [9.17, 15) is 14.7 Å². The highest BCUT2D eigenvalue weighted by atomic mass is 16.5. The second-order valence-corrected chi connectivity index (χ2v) is 6.79. The standard InChI is InChI=1S/C19H24N2O4/c1-25-15-6-4-13-10-14(18(23)21-16(13)11-15)5-7-17(22)20-12-19(24)8-2-3-9-19/h4,6,10-11,24H,2-3,5,7-9,12H2,1H3,(H,20,22)(H,21,23). The number of fused-ring (bicyclic) bond motifs is 1. The molecule has 0 aliphatic heterocycles. The van der Waals surface area contributed by atoms with E-state index in [0.717, 1.165) is 31.1 Å². The summed E-state index contributed by atoms with van der Waals surface area (Å²) >= 11 is 0. The number of amides is 1. The highest BCUT2D eigenvalue weighted by Crippen LogP contribution is 2.28. The number of aryl methyl sites for hydroxylation is 1. The molecule has 3 N–H and O–H groups in total. The van der Waals surface area contributed by atoms with Crippen LogP contribution in [0.5, 0.6) is 5.75 Å². The molecule has 1 heterocycles. The van der Waals surface area contributed by atoms with Crippen LogP contribution >= 0.6 is 0 Å². The highest BCUT2D eigenvalue weighted by molar-refractivity contribution is 5.81. The van der Waals surface area contributed by atoms with Gasteiger partial charge in [-0.05, 0) is 42.8 Å². The average Bonchev–Trinajstić information content (AvgIpc) is 3.04. The van der Waals surface area contributed by atoms with Gasteiger partial charge in [-0.2, -0.15) is 0 Å². The molecule has 3 rings (SSSR count). The zero-order chi connectivity index (χ0) is 17.9. The van der Waals surface area contributed by atoms with Gasteiger partial charge in [0.05, 0.1) is 18.2 Å². The van der Waals surface area contributed by atoms with Crippen molar-refractivity contribution in [1.29, 1.82) is 0 Å². The molecule has 1 aromatic heterocycles. The minimum absolute atomic E-state index is 0.144. The number of ether oxygens (including phenoxy) is 1. The Morgan fingerprint density at radius 1 is 1.32 bits per heavy atom. The number of carbonyl (C=O) groups is 1. The maximum absolute atomic E-state index is 12.2. The van der Waals surface area contributed by atoms with Crippen molar-refractivity contribution in [3.05, 3.63) is 40.2 Å². The minimum atomic E-state index is -0.755. The Bertz CT molecular complexity index is 822. The molecule has 1 aliphatic carbocycles. The summed E-state index contributed by atoms with van der Waals surface area (Å²) in [6.45, 7) is 0.291. The lowest BCUT2D eigenvalue weighted by Crippen LogP contribution is -2.40. The molecule has 1 amide bonds. The lowest BCUT2D eigenvalue weighted by Gasteiger charge is -2.22. The van der Waals surface area contributed by atoms with E-state index in [1.807, 2.05) is 18.2 Å². The van der Waals surface area contributed by atoms with E-state index in [0.29, 0.717) is 29.8 Å². The van der Waals surface area contributed by atoms with Gasteiger partial charge in [-0.1, -0.05) is 12.8 Å². The predicted molar refractivity (Wildman–Crippen MR) is 95.9 cm³/mol. The Morgan fingerprint density at radius 2 is 2.08 bits per heavy atom. The van der Waals surface area contributed by atoms with Gasteiger partial charge in [0.2, 0.25) is 5.91 Å². The summed E-state index contributed by atoms with van der Waals surface area (Å²) in [6, 6.07) is 7.30. The van der Waals surface area contributed by atoms with Crippen LogP contribution in [0.25, 0.3) is 10.9 Å². The minimum Gasteiger partial charge on any atom is -0.497 e. The number of aliphatic hydroxyl groups is 1. The molecule has 25 heavy (non-hydrogen) atoms. The molecule has 1 aromatic carbocycles. The van der Waals surface area contributed by atoms with Gasteiger partial charge < -0.3 is 20.1 Å². The lowest BCUT2D eigenvalue weighted by molar-refractivity contribution is -0.122. The van der Waals surface area contributed by atoms with Crippen molar-refractivity contribution in [2.45, 2.75) is 44.1 Å². The SMILES string of the molecule is COc1ccc2cc(CCC(=O)NCC3(O)CCCC3)c(=O)[nH]c2c1. The third-order valence-electron chi connectivity index (χ3n) is 4.90. The van der Waals surface area contributed by atoms with E-state index in [-0.39, 0.29) is 17.9 Å². The number of carbonyl (C=O) groups excluding carboxylic acids is 1. The maximum Gasteiger partial charge on any atom is 0.251 e. The van der Waals surface area contributed by atoms with Gasteiger partial charge >= 0.3 is 0 Å². The number of hydrogen-bond donors (Lipinski definition) is 3. The van der Waals surface area contributed by atoms with Crippen molar-refractivity contribution in [3.8, 4) is 5.75 Å². The summed E-state index contributed by atoms with van der Waals surface area (Å²) in [6.07, 6.45) is 4.07. The first-order valence-corrected chi connectivity index (χ1v) is 8.68. The molecule has 1 saturated carbocycles. The summed E-state index contributed by atoms with van der Waals surface area (Å²) in [5.41, 5.74) is 0.339. The molecule has 0 atom stereocenters. The Morgan fingerprint density at radius 3 is 2.80 bits per heavy atom. The zero-order valence-electron chi connectivity index (χ0n) is 14.4. The van der Waals surface area contributed by atoms with Crippen LogP contribution in [0, 0.1) is 0 Å². The topological polar surface area (TPSA) is 91.4 Å². The largest absolute Gasteiger partial charge is 0.497 e. The van der Waals surface area contributed by atoms with E-state index < -0.39 is 5.60 Å². The molecule has 0 spiro atoms. The van der Waals surface area contributed by atoms with E-state index in [4.69, 9.17) is 4.74 Å². The number of benzene rings is 1. The molecule has 1 aliphatic rings. The zero-order valence-corrected chi connectivity index (χ0v) is 14.4. The predicted octanol–water partition coefficient (Wildman–Crippen LogP) is 1.89. The monoisotopic (exact) mass is 344 g/mol. The summed E-state index contributed by atoms with van der Waals surface area (Å²) in [7, 11) is 1.58. The van der Waals surface area contributed by atoms with Crippen LogP contribution in [-0.4, -0.2) is 35.3 Å². The van der Waals surface area contributed by atoms with Crippen molar-refractivity contribution in [1.82, 2.24) is 10.3 Å². The fraction of sp³-hybridized carbons (Fsp3) is 0.474. The Balaban J connectivity index is 1.61. The summed E-state index contributed by atoms with van der Waals surface area (Å²) < 4.78 is 5.15. The molecule has 0 saturated heterocycles. The second kappa shape index (κ2) is 7.27. The van der Waals surface area contributed by atoms with E-state index in [1.54, 1.807) is 13.2 Å². The highest BCUT2D eigenvalue weighted by Gasteiger charge is 2.31. The second-order valence-electron chi connectivity index (χ2n) is 6.79. The first-order chi connectivity index (χ1) is 12.0. The van der Waals surface area contributed by atoms with E-state index in [1.165, 1.54) is 0 Å². The Kier molecular flexibility index (Phi) is 5.08. The van der Waals surface area contributed by atoms with Crippen LogP contribution in [0.2, 0.25) is 0 Å². The fourth-order valence-corrected chi connectivity index (χ4v) is 3.35. The van der Waals surface area contributed by atoms with Gasteiger partial charge in [0.1, 0.15) is 5.75 Å². The Labute approximate surface area is 146 Å². The number of hydrogen-bond acceptors (Lipinski definition) is 4. The van der Waals surface area contributed by atoms with Gasteiger partial charge in [-0.3, -0.25) is 9.59 Å². The number of H-pyrrole nitrogens is 1. The maximum atomic E-state index is 12.2. The van der Waals surface area contributed by atoms with E-state index >= 15 is 0 Å². The molecular formula is C19H24N2O4. The summed E-state index contributed by atoms with van der Waals surface area (Å²) in [5.74, 6) is 0.537. The van der Waals surface area contributed by atoms with Crippen LogP contribution in [0.1, 0.15) is 37.7 Å². The average molecular weight is 344 g/mol. The number of pyridine rings is 1. The number of nitrogens with one attached hydrogen (secondary N) is 2. The molecule has 0 radical (unpaired) electrons. The van der Waals surface area contributed by atoms with Crippen molar-refractivity contribution in [3.63, 3.8) is 0 Å². The first-order valence-electron chi connectivity index (χ1n) is 8.68. The molecule has 0 bridgehead atoms. The molecule has 6 heteroatoms. The van der Waals surface area contributed by atoms with Gasteiger partial charge in [0.25, 0.3) is 5.56 Å². The third-order valence-corrected chi connectivity index (χ3v) is 4.90. The summed E-state index contributed by atoms with van der Waals surface area (Å²) in [4.78, 5) is 27.1. The van der Waals surface area contributed by atoms with Crippen LogP contribution in [-0.2, 0) is 11.2 Å². The van der Waals surface area contributed by atoms with Crippen molar-refractivity contribution in [2.24, 2.45) is 0 Å². The van der Waals surface area contributed by atoms with Crippen molar-refractivity contribution < 1.29 is 14.6 Å². The molecular weight excluding hydrogens is 320 g/mol. The molecule has 2 aromatic rings. The quantitative estimate of drug-likeness (QED) is 0.746. The fourth-order valence-electron chi connectivity index (χ4n) is 3.35. The molecule has 6 nitrogen and oxygen atoms in total. The van der Waals surface area contributed by atoms with Crippen LogP contribution in [0.3, 0.4) is 0 Å². The molecule has 134 valence electrons. The number of aromatic nitrogens is 1. The number of aromatic amines is 1.